The molecule has 0 aliphatic carbocycles. The molecular formula is C60H40N2O. The van der Waals surface area contributed by atoms with Crippen LogP contribution in [0.3, 0.4) is 0 Å². The summed E-state index contributed by atoms with van der Waals surface area (Å²) in [4.78, 5) is 2.49. The highest BCUT2D eigenvalue weighted by molar-refractivity contribution is 6.18. The maximum Gasteiger partial charge on any atom is 0.136 e. The number of rotatable bonds is 8. The van der Waals surface area contributed by atoms with Crippen molar-refractivity contribution >= 4 is 60.8 Å². The topological polar surface area (TPSA) is 21.3 Å². The number of fused-ring (bicyclic) bond motifs is 6. The SMILES string of the molecule is c1ccc(-c2ccccc2-c2c(-c3ccccc3)cccc2N(c2ccc(-c3cccc4oc5ccccc5c34)cc2)c2cccc3c2c2ccccc2n3-c2ccccc2)cc1. The van der Waals surface area contributed by atoms with Crippen molar-refractivity contribution in [2.45, 2.75) is 0 Å². The number of para-hydroxylation sites is 3. The minimum absolute atomic E-state index is 0.889. The molecule has 12 rings (SSSR count). The lowest BCUT2D eigenvalue weighted by molar-refractivity contribution is 0.669. The summed E-state index contributed by atoms with van der Waals surface area (Å²) >= 11 is 0. The molecule has 0 N–H and O–H groups in total. The number of hydrogen-bond donors (Lipinski definition) is 0. The van der Waals surface area contributed by atoms with Crippen molar-refractivity contribution in [3.8, 4) is 50.2 Å². The third-order valence-electron chi connectivity index (χ3n) is 12.4. The molecular weight excluding hydrogens is 765 g/mol. The molecule has 0 atom stereocenters. The Bertz CT molecular complexity index is 3600. The lowest BCUT2D eigenvalue weighted by Gasteiger charge is -2.30. The highest BCUT2D eigenvalue weighted by atomic mass is 16.3. The van der Waals surface area contributed by atoms with Crippen LogP contribution in [0.25, 0.3) is 93.9 Å². The Balaban J connectivity index is 1.16. The van der Waals surface area contributed by atoms with Crippen LogP contribution in [-0.2, 0) is 0 Å². The Morgan fingerprint density at radius 3 is 1.62 bits per heavy atom. The van der Waals surface area contributed by atoms with Gasteiger partial charge in [0.25, 0.3) is 0 Å². The molecule has 2 aromatic heterocycles. The number of nitrogens with zero attached hydrogens (tertiary/aromatic N) is 2. The molecule has 0 bridgehead atoms. The fraction of sp³-hybridized carbons (Fsp3) is 0. The summed E-state index contributed by atoms with van der Waals surface area (Å²) in [6.07, 6.45) is 0. The van der Waals surface area contributed by atoms with Gasteiger partial charge in [0.1, 0.15) is 11.2 Å². The normalized spacial score (nSPS) is 11.5. The Labute approximate surface area is 366 Å². The van der Waals surface area contributed by atoms with E-state index in [-0.39, 0.29) is 0 Å². The van der Waals surface area contributed by atoms with Crippen molar-refractivity contribution in [1.82, 2.24) is 4.57 Å². The summed E-state index contributed by atoms with van der Waals surface area (Å²) in [6, 6.07) is 87.3. The summed E-state index contributed by atoms with van der Waals surface area (Å²) in [5.74, 6) is 0. The van der Waals surface area contributed by atoms with E-state index in [1.807, 2.05) is 12.1 Å². The molecule has 0 fully saturated rings. The Kier molecular flexibility index (Phi) is 8.83. The highest BCUT2D eigenvalue weighted by Gasteiger charge is 2.26. The second-order valence-electron chi connectivity index (χ2n) is 16.0. The summed E-state index contributed by atoms with van der Waals surface area (Å²) < 4.78 is 8.74. The Morgan fingerprint density at radius 2 is 0.841 bits per heavy atom. The van der Waals surface area contributed by atoms with Crippen LogP contribution in [-0.4, -0.2) is 4.57 Å². The van der Waals surface area contributed by atoms with Crippen molar-refractivity contribution in [3.05, 3.63) is 243 Å². The second kappa shape index (κ2) is 15.3. The zero-order valence-electron chi connectivity index (χ0n) is 34.4. The largest absolute Gasteiger partial charge is 0.456 e. The van der Waals surface area contributed by atoms with Gasteiger partial charge in [-0.2, -0.15) is 0 Å². The van der Waals surface area contributed by atoms with Gasteiger partial charge in [0, 0.05) is 38.5 Å². The molecule has 3 heteroatoms. The van der Waals surface area contributed by atoms with Crippen LogP contribution in [0.15, 0.2) is 247 Å². The van der Waals surface area contributed by atoms with Crippen LogP contribution >= 0.6 is 0 Å². The van der Waals surface area contributed by atoms with Crippen LogP contribution in [0.5, 0.6) is 0 Å². The highest BCUT2D eigenvalue weighted by Crippen LogP contribution is 2.51. The van der Waals surface area contributed by atoms with Gasteiger partial charge in [0.05, 0.1) is 22.4 Å². The molecule has 63 heavy (non-hydrogen) atoms. The van der Waals surface area contributed by atoms with E-state index >= 15 is 0 Å². The predicted molar refractivity (Wildman–Crippen MR) is 264 cm³/mol. The van der Waals surface area contributed by atoms with Crippen molar-refractivity contribution in [3.63, 3.8) is 0 Å². The zero-order chi connectivity index (χ0) is 41.7. The van der Waals surface area contributed by atoms with Crippen LogP contribution in [0.2, 0.25) is 0 Å². The van der Waals surface area contributed by atoms with E-state index in [1.54, 1.807) is 0 Å². The summed E-state index contributed by atoms with van der Waals surface area (Å²) in [5.41, 5.74) is 17.7. The number of benzene rings is 10. The van der Waals surface area contributed by atoms with E-state index in [9.17, 15) is 0 Å². The third kappa shape index (κ3) is 6.13. The molecule has 0 radical (unpaired) electrons. The van der Waals surface area contributed by atoms with Gasteiger partial charge in [-0.05, 0) is 99.6 Å². The number of hydrogen-bond acceptors (Lipinski definition) is 2. The first-order valence-electron chi connectivity index (χ1n) is 21.5. The molecule has 0 unspecified atom stereocenters. The lowest BCUT2D eigenvalue weighted by Crippen LogP contribution is -2.12. The molecule has 3 nitrogen and oxygen atoms in total. The van der Waals surface area contributed by atoms with Gasteiger partial charge in [-0.15, -0.1) is 0 Å². The number of anilines is 3. The van der Waals surface area contributed by atoms with E-state index in [0.29, 0.717) is 0 Å². The lowest BCUT2D eigenvalue weighted by atomic mass is 9.87. The van der Waals surface area contributed by atoms with Gasteiger partial charge in [-0.25, -0.2) is 0 Å². The van der Waals surface area contributed by atoms with Crippen LogP contribution < -0.4 is 4.90 Å². The summed E-state index contributed by atoms with van der Waals surface area (Å²) in [7, 11) is 0. The first kappa shape index (κ1) is 36.5. The smallest absolute Gasteiger partial charge is 0.136 e. The van der Waals surface area contributed by atoms with Gasteiger partial charge in [-0.1, -0.05) is 182 Å². The quantitative estimate of drug-likeness (QED) is 0.153. The average Bonchev–Trinajstić information content (AvgIpc) is 3.92. The van der Waals surface area contributed by atoms with Crippen molar-refractivity contribution in [1.29, 1.82) is 0 Å². The maximum absolute atomic E-state index is 6.34. The van der Waals surface area contributed by atoms with Crippen LogP contribution in [0, 0.1) is 0 Å². The fourth-order valence-corrected chi connectivity index (χ4v) is 9.69. The minimum Gasteiger partial charge on any atom is -0.456 e. The van der Waals surface area contributed by atoms with Crippen LogP contribution in [0.1, 0.15) is 0 Å². The van der Waals surface area contributed by atoms with E-state index in [4.69, 9.17) is 4.42 Å². The molecule has 0 amide bonds. The zero-order valence-corrected chi connectivity index (χ0v) is 34.4. The molecule has 0 aliphatic rings. The second-order valence-corrected chi connectivity index (χ2v) is 16.0. The van der Waals surface area contributed by atoms with Gasteiger partial charge in [-0.3, -0.25) is 0 Å². The Hall–Kier alpha value is -8.40. The molecule has 12 aromatic rings. The maximum atomic E-state index is 6.34. The number of aromatic nitrogens is 1. The number of furan rings is 1. The first-order chi connectivity index (χ1) is 31.3. The van der Waals surface area contributed by atoms with E-state index in [2.05, 4.69) is 240 Å². The first-order valence-corrected chi connectivity index (χ1v) is 21.5. The van der Waals surface area contributed by atoms with Gasteiger partial charge >= 0.3 is 0 Å². The standard InChI is InChI=1S/C60H40N2O/c1-4-19-41(20-5-1)46-25-10-11-26-49(46)58-47(42-21-6-2-7-22-42)29-16-32-53(58)62(45-39-37-43(38-40-45)48-30-17-36-57-59(48)51-28-13-15-35-56(51)63-57)55-34-18-33-54-60(55)50-27-12-14-31-52(50)61(54)44-23-8-3-9-24-44/h1-40H. The third-order valence-corrected chi connectivity index (χ3v) is 12.4. The molecule has 2 heterocycles. The van der Waals surface area contributed by atoms with Gasteiger partial charge in [0.2, 0.25) is 0 Å². The molecule has 10 aromatic carbocycles. The molecule has 0 saturated carbocycles. The fourth-order valence-electron chi connectivity index (χ4n) is 9.69. The molecule has 0 aliphatic heterocycles. The van der Waals surface area contributed by atoms with Crippen molar-refractivity contribution in [2.24, 2.45) is 0 Å². The van der Waals surface area contributed by atoms with Crippen LogP contribution in [0.4, 0.5) is 17.1 Å². The van der Waals surface area contributed by atoms with Crippen molar-refractivity contribution in [2.75, 3.05) is 4.90 Å². The predicted octanol–water partition coefficient (Wildman–Crippen LogP) is 16.8. The monoisotopic (exact) mass is 804 g/mol. The molecule has 0 spiro atoms. The molecule has 0 saturated heterocycles. The van der Waals surface area contributed by atoms with Gasteiger partial charge in [0.15, 0.2) is 0 Å². The van der Waals surface area contributed by atoms with Gasteiger partial charge < -0.3 is 13.9 Å². The van der Waals surface area contributed by atoms with Crippen molar-refractivity contribution < 1.29 is 4.42 Å². The average molecular weight is 805 g/mol. The minimum atomic E-state index is 0.889. The van der Waals surface area contributed by atoms with E-state index in [0.717, 1.165) is 89.1 Å². The van der Waals surface area contributed by atoms with E-state index < -0.39 is 0 Å². The molecule has 296 valence electrons. The Morgan fingerprint density at radius 1 is 0.317 bits per heavy atom. The summed E-state index contributed by atoms with van der Waals surface area (Å²) in [6.45, 7) is 0. The van der Waals surface area contributed by atoms with E-state index in [1.165, 1.54) is 21.9 Å². The summed E-state index contributed by atoms with van der Waals surface area (Å²) in [5, 5.41) is 4.63.